The van der Waals surface area contributed by atoms with Gasteiger partial charge < -0.3 is 10.2 Å². The average Bonchev–Trinajstić information content (AvgIpc) is 2.26. The predicted octanol–water partition coefficient (Wildman–Crippen LogP) is 1.93. The summed E-state index contributed by atoms with van der Waals surface area (Å²) < 4.78 is 0. The molecule has 0 spiro atoms. The van der Waals surface area contributed by atoms with Gasteiger partial charge in [0, 0.05) is 19.3 Å². The third kappa shape index (κ3) is 5.07. The van der Waals surface area contributed by atoms with E-state index in [2.05, 4.69) is 34.2 Å². The van der Waals surface area contributed by atoms with Gasteiger partial charge in [0.15, 0.2) is 0 Å². The quantitative estimate of drug-likeness (QED) is 0.765. The molecule has 4 heteroatoms. The van der Waals surface area contributed by atoms with Gasteiger partial charge in [0.05, 0.1) is 11.9 Å². The van der Waals surface area contributed by atoms with E-state index in [0.717, 1.165) is 31.1 Å². The molecule has 0 radical (unpaired) electrons. The highest BCUT2D eigenvalue weighted by atomic mass is 15.1. The van der Waals surface area contributed by atoms with Gasteiger partial charge in [-0.25, -0.2) is 4.98 Å². The van der Waals surface area contributed by atoms with Crippen LogP contribution in [0.5, 0.6) is 0 Å². The number of rotatable bonds is 7. The maximum Gasteiger partial charge on any atom is 0.144 e. The summed E-state index contributed by atoms with van der Waals surface area (Å²) in [5, 5.41) is 3.28. The average molecular weight is 222 g/mol. The fraction of sp³-hybridized carbons (Fsp3) is 0.667. The normalized spacial score (nSPS) is 10.8. The molecule has 0 aromatic carbocycles. The van der Waals surface area contributed by atoms with Gasteiger partial charge in [-0.15, -0.1) is 0 Å². The Morgan fingerprint density at radius 2 is 2.12 bits per heavy atom. The van der Waals surface area contributed by atoms with Gasteiger partial charge in [0.2, 0.25) is 0 Å². The van der Waals surface area contributed by atoms with E-state index >= 15 is 0 Å². The zero-order valence-electron chi connectivity index (χ0n) is 10.5. The molecule has 16 heavy (non-hydrogen) atoms. The molecule has 0 aliphatic rings. The SMILES string of the molecule is CCCCN(C)CCNc1cncc(C)n1. The standard InChI is InChI=1S/C12H22N4/c1-4-5-7-16(3)8-6-14-12-10-13-9-11(2)15-12/h9-10H,4-8H2,1-3H3,(H,14,15). The molecule has 0 saturated carbocycles. The summed E-state index contributed by atoms with van der Waals surface area (Å²) in [6.07, 6.45) is 6.04. The van der Waals surface area contributed by atoms with E-state index < -0.39 is 0 Å². The minimum atomic E-state index is 0.865. The Morgan fingerprint density at radius 1 is 1.31 bits per heavy atom. The Kier molecular flexibility index (Phi) is 5.78. The molecule has 90 valence electrons. The number of unbranched alkanes of at least 4 members (excludes halogenated alkanes) is 1. The van der Waals surface area contributed by atoms with E-state index in [0.29, 0.717) is 0 Å². The minimum Gasteiger partial charge on any atom is -0.368 e. The molecular weight excluding hydrogens is 200 g/mol. The summed E-state index contributed by atoms with van der Waals surface area (Å²) in [6, 6.07) is 0. The molecule has 0 amide bonds. The zero-order valence-corrected chi connectivity index (χ0v) is 10.5. The van der Waals surface area contributed by atoms with E-state index in [1.54, 1.807) is 12.4 Å². The van der Waals surface area contributed by atoms with Crippen LogP contribution in [0.15, 0.2) is 12.4 Å². The highest BCUT2D eigenvalue weighted by Crippen LogP contribution is 2.00. The number of nitrogens with zero attached hydrogens (tertiary/aromatic N) is 3. The van der Waals surface area contributed by atoms with Crippen molar-refractivity contribution in [2.75, 3.05) is 32.0 Å². The molecule has 4 nitrogen and oxygen atoms in total. The van der Waals surface area contributed by atoms with Crippen LogP contribution in [0.1, 0.15) is 25.5 Å². The topological polar surface area (TPSA) is 41.0 Å². The summed E-state index contributed by atoms with van der Waals surface area (Å²) in [5.74, 6) is 0.865. The van der Waals surface area contributed by atoms with E-state index in [1.165, 1.54) is 12.8 Å². The Bertz CT molecular complexity index is 301. The molecule has 0 aliphatic carbocycles. The van der Waals surface area contributed by atoms with Crippen LogP contribution >= 0.6 is 0 Å². The first kappa shape index (κ1) is 12.9. The number of likely N-dealkylation sites (N-methyl/N-ethyl adjacent to an activating group) is 1. The van der Waals surface area contributed by atoms with Crippen LogP contribution < -0.4 is 5.32 Å². The van der Waals surface area contributed by atoms with Crippen LogP contribution in [-0.4, -0.2) is 41.5 Å². The summed E-state index contributed by atoms with van der Waals surface area (Å²) in [5.41, 5.74) is 0.948. The van der Waals surface area contributed by atoms with Gasteiger partial charge in [-0.1, -0.05) is 13.3 Å². The molecule has 0 saturated heterocycles. The zero-order chi connectivity index (χ0) is 11.8. The van der Waals surface area contributed by atoms with Crippen molar-refractivity contribution in [2.24, 2.45) is 0 Å². The van der Waals surface area contributed by atoms with Crippen LogP contribution in [0.3, 0.4) is 0 Å². The second-order valence-electron chi connectivity index (χ2n) is 4.13. The number of aromatic nitrogens is 2. The van der Waals surface area contributed by atoms with Gasteiger partial charge in [-0.05, 0) is 26.9 Å². The van der Waals surface area contributed by atoms with Crippen LogP contribution in [0, 0.1) is 6.92 Å². The molecule has 1 N–H and O–H groups in total. The van der Waals surface area contributed by atoms with Crippen LogP contribution in [-0.2, 0) is 0 Å². The van der Waals surface area contributed by atoms with Crippen molar-refractivity contribution in [2.45, 2.75) is 26.7 Å². The van der Waals surface area contributed by atoms with E-state index in [9.17, 15) is 0 Å². The second-order valence-corrected chi connectivity index (χ2v) is 4.13. The van der Waals surface area contributed by atoms with E-state index in [-0.39, 0.29) is 0 Å². The highest BCUT2D eigenvalue weighted by molar-refractivity contribution is 5.31. The Balaban J connectivity index is 2.20. The molecule has 1 heterocycles. The van der Waals surface area contributed by atoms with Crippen molar-refractivity contribution in [3.05, 3.63) is 18.1 Å². The molecule has 1 aromatic rings. The number of nitrogens with one attached hydrogen (secondary N) is 1. The fourth-order valence-electron chi connectivity index (χ4n) is 1.46. The molecule has 0 bridgehead atoms. The molecule has 0 fully saturated rings. The Hall–Kier alpha value is -1.16. The Labute approximate surface area is 98.1 Å². The molecule has 0 aliphatic heterocycles. The molecule has 1 rings (SSSR count). The lowest BCUT2D eigenvalue weighted by atomic mass is 10.3. The summed E-state index contributed by atoms with van der Waals surface area (Å²) >= 11 is 0. The van der Waals surface area contributed by atoms with Crippen molar-refractivity contribution in [3.8, 4) is 0 Å². The molecular formula is C12H22N4. The largest absolute Gasteiger partial charge is 0.368 e. The van der Waals surface area contributed by atoms with Gasteiger partial charge >= 0.3 is 0 Å². The molecule has 1 aromatic heterocycles. The van der Waals surface area contributed by atoms with Crippen LogP contribution in [0.2, 0.25) is 0 Å². The number of hydrogen-bond donors (Lipinski definition) is 1. The number of aryl methyl sites for hydroxylation is 1. The summed E-state index contributed by atoms with van der Waals surface area (Å²) in [4.78, 5) is 10.8. The minimum absolute atomic E-state index is 0.865. The van der Waals surface area contributed by atoms with Crippen molar-refractivity contribution in [3.63, 3.8) is 0 Å². The number of hydrogen-bond acceptors (Lipinski definition) is 4. The third-order valence-electron chi connectivity index (χ3n) is 2.45. The van der Waals surface area contributed by atoms with Crippen LogP contribution in [0.25, 0.3) is 0 Å². The fourth-order valence-corrected chi connectivity index (χ4v) is 1.46. The Morgan fingerprint density at radius 3 is 2.81 bits per heavy atom. The van der Waals surface area contributed by atoms with E-state index in [4.69, 9.17) is 0 Å². The maximum atomic E-state index is 4.34. The molecule has 0 atom stereocenters. The van der Waals surface area contributed by atoms with Gasteiger partial charge in [-0.3, -0.25) is 4.98 Å². The lowest BCUT2D eigenvalue weighted by Crippen LogP contribution is -2.26. The van der Waals surface area contributed by atoms with E-state index in [1.807, 2.05) is 6.92 Å². The number of anilines is 1. The van der Waals surface area contributed by atoms with Crippen molar-refractivity contribution in [1.82, 2.24) is 14.9 Å². The summed E-state index contributed by atoms with van der Waals surface area (Å²) in [7, 11) is 2.15. The lowest BCUT2D eigenvalue weighted by molar-refractivity contribution is 0.340. The lowest BCUT2D eigenvalue weighted by Gasteiger charge is -2.16. The second kappa shape index (κ2) is 7.17. The van der Waals surface area contributed by atoms with Gasteiger partial charge in [0.1, 0.15) is 5.82 Å². The summed E-state index contributed by atoms with van der Waals surface area (Å²) in [6.45, 7) is 7.28. The van der Waals surface area contributed by atoms with Crippen molar-refractivity contribution in [1.29, 1.82) is 0 Å². The maximum absolute atomic E-state index is 4.34. The third-order valence-corrected chi connectivity index (χ3v) is 2.45. The van der Waals surface area contributed by atoms with Crippen molar-refractivity contribution >= 4 is 5.82 Å². The molecule has 0 unspecified atom stereocenters. The first-order valence-electron chi connectivity index (χ1n) is 5.93. The van der Waals surface area contributed by atoms with Gasteiger partial charge in [-0.2, -0.15) is 0 Å². The van der Waals surface area contributed by atoms with Crippen molar-refractivity contribution < 1.29 is 0 Å². The monoisotopic (exact) mass is 222 g/mol. The first-order valence-corrected chi connectivity index (χ1v) is 5.93. The van der Waals surface area contributed by atoms with Gasteiger partial charge in [0.25, 0.3) is 0 Å². The highest BCUT2D eigenvalue weighted by Gasteiger charge is 1.98. The van der Waals surface area contributed by atoms with Crippen LogP contribution in [0.4, 0.5) is 5.82 Å². The first-order chi connectivity index (χ1) is 7.72. The predicted molar refractivity (Wildman–Crippen MR) is 67.7 cm³/mol. The smallest absolute Gasteiger partial charge is 0.144 e.